The molecule has 4 rings (SSSR count). The van der Waals surface area contributed by atoms with Crippen molar-refractivity contribution < 1.29 is 19.1 Å². The molecule has 170 valence electrons. The maximum atomic E-state index is 13.4. The highest BCUT2D eigenvalue weighted by Gasteiger charge is 2.42. The standard InChI is InChI=1S/C24H23N3O4S2/c1-3-13-26-23(30)21(33-24(26)32)20-17-7-5-6-8-18(17)27(22(20)29)14-19(28)25-15-9-11-16(12-10-15)31-4-2/h5-12H,3-4,13-14H2,1-2H3,(H,25,28). The molecule has 0 saturated carbocycles. The first kappa shape index (κ1) is 23.0. The molecule has 2 aliphatic rings. The lowest BCUT2D eigenvalue weighted by Gasteiger charge is -2.17. The van der Waals surface area contributed by atoms with Gasteiger partial charge in [-0.25, -0.2) is 0 Å². The van der Waals surface area contributed by atoms with E-state index < -0.39 is 0 Å². The molecule has 2 aliphatic heterocycles. The number of rotatable bonds is 7. The molecule has 0 aliphatic carbocycles. The van der Waals surface area contributed by atoms with Crippen molar-refractivity contribution in [1.29, 1.82) is 0 Å². The Labute approximate surface area is 201 Å². The summed E-state index contributed by atoms with van der Waals surface area (Å²) in [5.74, 6) is -0.271. The third-order valence-corrected chi connectivity index (χ3v) is 6.65. The molecule has 2 aromatic rings. The van der Waals surface area contributed by atoms with Crippen LogP contribution in [-0.4, -0.2) is 46.6 Å². The normalized spacial score (nSPS) is 17.6. The maximum absolute atomic E-state index is 13.4. The van der Waals surface area contributed by atoms with Gasteiger partial charge in [0.2, 0.25) is 5.91 Å². The predicted molar refractivity (Wildman–Crippen MR) is 134 cm³/mol. The van der Waals surface area contributed by atoms with Gasteiger partial charge in [0.1, 0.15) is 16.6 Å². The van der Waals surface area contributed by atoms with Crippen LogP contribution in [0.1, 0.15) is 25.8 Å². The number of amides is 3. The molecule has 2 heterocycles. The Morgan fingerprint density at radius 1 is 1.03 bits per heavy atom. The molecule has 1 fully saturated rings. The predicted octanol–water partition coefficient (Wildman–Crippen LogP) is 4.05. The van der Waals surface area contributed by atoms with Gasteiger partial charge in [-0.1, -0.05) is 49.1 Å². The summed E-state index contributed by atoms with van der Waals surface area (Å²) < 4.78 is 5.86. The number of thioether (sulfide) groups is 1. The lowest BCUT2D eigenvalue weighted by atomic mass is 10.1. The van der Waals surface area contributed by atoms with Gasteiger partial charge in [-0.05, 0) is 43.7 Å². The number of nitrogens with zero attached hydrogens (tertiary/aromatic N) is 2. The quantitative estimate of drug-likeness (QED) is 0.475. The van der Waals surface area contributed by atoms with Crippen molar-refractivity contribution in [3.63, 3.8) is 0 Å². The zero-order valence-corrected chi connectivity index (χ0v) is 19.9. The summed E-state index contributed by atoms with van der Waals surface area (Å²) >= 11 is 6.51. The van der Waals surface area contributed by atoms with E-state index in [1.165, 1.54) is 9.80 Å². The average Bonchev–Trinajstić information content (AvgIpc) is 3.23. The Kier molecular flexibility index (Phi) is 6.80. The molecule has 7 nitrogen and oxygen atoms in total. The van der Waals surface area contributed by atoms with Gasteiger partial charge in [0.15, 0.2) is 0 Å². The third-order valence-electron chi connectivity index (χ3n) is 5.20. The van der Waals surface area contributed by atoms with Crippen LogP contribution in [0.2, 0.25) is 0 Å². The second kappa shape index (κ2) is 9.76. The van der Waals surface area contributed by atoms with Crippen LogP contribution in [0.4, 0.5) is 11.4 Å². The number of hydrogen-bond donors (Lipinski definition) is 1. The second-order valence-corrected chi connectivity index (χ2v) is 9.09. The first-order valence-corrected chi connectivity index (χ1v) is 11.9. The molecule has 1 saturated heterocycles. The number of carbonyl (C=O) groups is 3. The lowest BCUT2D eigenvalue weighted by Crippen LogP contribution is -2.35. The molecule has 33 heavy (non-hydrogen) atoms. The Morgan fingerprint density at radius 3 is 2.45 bits per heavy atom. The molecule has 0 aromatic heterocycles. The van der Waals surface area contributed by atoms with Crippen LogP contribution in [0.3, 0.4) is 0 Å². The van der Waals surface area contributed by atoms with Gasteiger partial charge in [-0.3, -0.25) is 24.2 Å². The van der Waals surface area contributed by atoms with Gasteiger partial charge in [-0.15, -0.1) is 0 Å². The number of para-hydroxylation sites is 1. The fourth-order valence-corrected chi connectivity index (χ4v) is 5.15. The molecule has 1 N–H and O–H groups in total. The summed E-state index contributed by atoms with van der Waals surface area (Å²) in [6.45, 7) is 4.75. The number of anilines is 2. The van der Waals surface area contributed by atoms with Gasteiger partial charge in [0, 0.05) is 17.8 Å². The van der Waals surface area contributed by atoms with Crippen molar-refractivity contribution in [3.05, 3.63) is 59.0 Å². The van der Waals surface area contributed by atoms with Crippen molar-refractivity contribution in [2.24, 2.45) is 0 Å². The highest BCUT2D eigenvalue weighted by Crippen LogP contribution is 2.44. The highest BCUT2D eigenvalue weighted by atomic mass is 32.2. The third kappa shape index (κ3) is 4.51. The molecular weight excluding hydrogens is 458 g/mol. The van der Waals surface area contributed by atoms with E-state index in [1.54, 1.807) is 42.5 Å². The summed E-state index contributed by atoms with van der Waals surface area (Å²) in [4.78, 5) is 42.4. The monoisotopic (exact) mass is 481 g/mol. The minimum atomic E-state index is -0.380. The van der Waals surface area contributed by atoms with E-state index in [9.17, 15) is 14.4 Å². The molecule has 0 spiro atoms. The Bertz CT molecular complexity index is 1160. The van der Waals surface area contributed by atoms with Crippen molar-refractivity contribution in [2.75, 3.05) is 29.9 Å². The SMILES string of the molecule is CCCN1C(=O)C(=C2C(=O)N(CC(=O)Nc3ccc(OCC)cc3)c3ccccc32)SC1=S. The second-order valence-electron chi connectivity index (χ2n) is 7.44. The van der Waals surface area contributed by atoms with E-state index in [0.717, 1.165) is 18.2 Å². The Balaban J connectivity index is 1.58. The lowest BCUT2D eigenvalue weighted by molar-refractivity contribution is -0.122. The van der Waals surface area contributed by atoms with Crippen LogP contribution < -0.4 is 15.0 Å². The van der Waals surface area contributed by atoms with Crippen LogP contribution in [0.25, 0.3) is 5.57 Å². The molecule has 0 unspecified atom stereocenters. The summed E-state index contributed by atoms with van der Waals surface area (Å²) in [5, 5.41) is 2.81. The van der Waals surface area contributed by atoms with E-state index >= 15 is 0 Å². The van der Waals surface area contributed by atoms with Crippen LogP contribution in [-0.2, 0) is 14.4 Å². The fourth-order valence-electron chi connectivity index (χ4n) is 3.77. The van der Waals surface area contributed by atoms with Crippen LogP contribution >= 0.6 is 24.0 Å². The van der Waals surface area contributed by atoms with Crippen molar-refractivity contribution >= 4 is 63.0 Å². The van der Waals surface area contributed by atoms with E-state index in [2.05, 4.69) is 5.32 Å². The van der Waals surface area contributed by atoms with Crippen molar-refractivity contribution in [1.82, 2.24) is 4.90 Å². The van der Waals surface area contributed by atoms with Crippen molar-refractivity contribution in [3.8, 4) is 5.75 Å². The summed E-state index contributed by atoms with van der Waals surface area (Å²) in [6, 6.07) is 14.2. The van der Waals surface area contributed by atoms with Crippen LogP contribution in [0.15, 0.2) is 53.4 Å². The molecule has 2 aromatic carbocycles. The minimum Gasteiger partial charge on any atom is -0.494 e. The van der Waals surface area contributed by atoms with Gasteiger partial charge >= 0.3 is 0 Å². The van der Waals surface area contributed by atoms with Crippen LogP contribution in [0.5, 0.6) is 5.75 Å². The van der Waals surface area contributed by atoms with Gasteiger partial charge < -0.3 is 10.1 Å². The maximum Gasteiger partial charge on any atom is 0.267 e. The fraction of sp³-hybridized carbons (Fsp3) is 0.250. The number of hydrogen-bond acceptors (Lipinski definition) is 6. The van der Waals surface area contributed by atoms with E-state index in [0.29, 0.717) is 50.6 Å². The molecule has 0 bridgehead atoms. The Morgan fingerprint density at radius 2 is 1.76 bits per heavy atom. The number of nitrogens with one attached hydrogen (secondary N) is 1. The van der Waals surface area contributed by atoms with Gasteiger partial charge in [0.25, 0.3) is 11.8 Å². The summed E-state index contributed by atoms with van der Waals surface area (Å²) in [6.07, 6.45) is 0.761. The molecule has 9 heteroatoms. The molecule has 0 atom stereocenters. The highest BCUT2D eigenvalue weighted by molar-refractivity contribution is 8.26. The Hall–Kier alpha value is -3.17. The molecular formula is C24H23N3O4S2. The van der Waals surface area contributed by atoms with E-state index in [1.807, 2.05) is 19.9 Å². The zero-order valence-electron chi connectivity index (χ0n) is 18.3. The summed E-state index contributed by atoms with van der Waals surface area (Å²) in [5.41, 5.74) is 2.13. The number of ether oxygens (including phenoxy) is 1. The topological polar surface area (TPSA) is 79.0 Å². The average molecular weight is 482 g/mol. The van der Waals surface area contributed by atoms with Crippen LogP contribution in [0, 0.1) is 0 Å². The number of carbonyl (C=O) groups excluding carboxylic acids is 3. The molecule has 3 amide bonds. The van der Waals surface area contributed by atoms with E-state index in [-0.39, 0.29) is 24.3 Å². The minimum absolute atomic E-state index is 0.179. The molecule has 0 radical (unpaired) electrons. The largest absolute Gasteiger partial charge is 0.494 e. The summed E-state index contributed by atoms with van der Waals surface area (Å²) in [7, 11) is 0. The smallest absolute Gasteiger partial charge is 0.267 e. The van der Waals surface area contributed by atoms with E-state index in [4.69, 9.17) is 17.0 Å². The van der Waals surface area contributed by atoms with Crippen molar-refractivity contribution in [2.45, 2.75) is 20.3 Å². The number of fused-ring (bicyclic) bond motifs is 1. The zero-order chi connectivity index (χ0) is 23.5. The number of thiocarbonyl (C=S) groups is 1. The van der Waals surface area contributed by atoms with Gasteiger partial charge in [-0.2, -0.15) is 0 Å². The first-order chi connectivity index (χ1) is 15.9. The number of benzene rings is 2. The first-order valence-electron chi connectivity index (χ1n) is 10.7. The van der Waals surface area contributed by atoms with Gasteiger partial charge in [0.05, 0.1) is 22.8 Å².